The molecule has 1 aliphatic rings. The summed E-state index contributed by atoms with van der Waals surface area (Å²) in [6, 6.07) is 13.4. The number of piperazine rings is 1. The molecule has 0 aromatic heterocycles. The summed E-state index contributed by atoms with van der Waals surface area (Å²) in [4.78, 5) is 17.3. The molecule has 0 atom stereocenters. The maximum Gasteiger partial charge on any atom is 0.255 e. The standard InChI is InChI=1S/C21H27N3O2/c1-4-23-11-13-24(14-12-23)18-7-10-20(16(2)15-18)22-21(25)17-5-8-19(26-3)9-6-17/h5-10,15H,4,11-14H2,1-3H3,(H,22,25). The van der Waals surface area contributed by atoms with Crippen LogP contribution in [0, 0.1) is 6.92 Å². The van der Waals surface area contributed by atoms with Gasteiger partial charge in [0.1, 0.15) is 5.75 Å². The van der Waals surface area contributed by atoms with Crippen molar-refractivity contribution in [3.05, 3.63) is 53.6 Å². The van der Waals surface area contributed by atoms with Crippen molar-refractivity contribution in [1.82, 2.24) is 4.90 Å². The molecule has 138 valence electrons. The van der Waals surface area contributed by atoms with E-state index in [0.717, 1.165) is 49.7 Å². The molecule has 1 fully saturated rings. The second-order valence-corrected chi connectivity index (χ2v) is 6.60. The number of hydrogen-bond acceptors (Lipinski definition) is 4. The minimum absolute atomic E-state index is 0.111. The van der Waals surface area contributed by atoms with Gasteiger partial charge >= 0.3 is 0 Å². The predicted octanol–water partition coefficient (Wildman–Crippen LogP) is 3.40. The Morgan fingerprint density at radius 2 is 1.77 bits per heavy atom. The fraction of sp³-hybridized carbons (Fsp3) is 0.381. The lowest BCUT2D eigenvalue weighted by Gasteiger charge is -2.35. The minimum Gasteiger partial charge on any atom is -0.497 e. The highest BCUT2D eigenvalue weighted by molar-refractivity contribution is 6.04. The molecule has 5 nitrogen and oxygen atoms in total. The highest BCUT2D eigenvalue weighted by Crippen LogP contribution is 2.24. The van der Waals surface area contributed by atoms with Crippen LogP contribution >= 0.6 is 0 Å². The van der Waals surface area contributed by atoms with E-state index in [1.807, 2.05) is 13.0 Å². The van der Waals surface area contributed by atoms with Gasteiger partial charge in [-0.3, -0.25) is 4.79 Å². The van der Waals surface area contributed by atoms with Gasteiger partial charge in [-0.1, -0.05) is 6.92 Å². The lowest BCUT2D eigenvalue weighted by Crippen LogP contribution is -2.46. The van der Waals surface area contributed by atoms with Crippen molar-refractivity contribution in [2.24, 2.45) is 0 Å². The number of nitrogens with one attached hydrogen (secondary N) is 1. The molecule has 0 radical (unpaired) electrons. The molecule has 2 aromatic rings. The molecule has 2 aromatic carbocycles. The molecule has 1 aliphatic heterocycles. The zero-order valence-corrected chi connectivity index (χ0v) is 15.8. The first-order valence-electron chi connectivity index (χ1n) is 9.14. The van der Waals surface area contributed by atoms with E-state index in [4.69, 9.17) is 4.74 Å². The van der Waals surface area contributed by atoms with Crippen molar-refractivity contribution in [3.63, 3.8) is 0 Å². The Balaban J connectivity index is 1.66. The fourth-order valence-corrected chi connectivity index (χ4v) is 3.24. The monoisotopic (exact) mass is 353 g/mol. The molecule has 0 aliphatic carbocycles. The number of anilines is 2. The molecule has 26 heavy (non-hydrogen) atoms. The number of aryl methyl sites for hydroxylation is 1. The van der Waals surface area contributed by atoms with Gasteiger partial charge in [0.2, 0.25) is 0 Å². The van der Waals surface area contributed by atoms with Crippen molar-refractivity contribution in [3.8, 4) is 5.75 Å². The second kappa shape index (κ2) is 8.23. The number of likely N-dealkylation sites (N-methyl/N-ethyl adjacent to an activating group) is 1. The fourth-order valence-electron chi connectivity index (χ4n) is 3.24. The number of benzene rings is 2. The minimum atomic E-state index is -0.111. The van der Waals surface area contributed by atoms with Gasteiger partial charge in [-0.2, -0.15) is 0 Å². The highest BCUT2D eigenvalue weighted by Gasteiger charge is 2.16. The molecule has 1 amide bonds. The van der Waals surface area contributed by atoms with Crippen molar-refractivity contribution in [2.45, 2.75) is 13.8 Å². The number of rotatable bonds is 5. The number of ether oxygens (including phenoxy) is 1. The SMILES string of the molecule is CCN1CCN(c2ccc(NC(=O)c3ccc(OC)cc3)c(C)c2)CC1. The van der Waals surface area contributed by atoms with Crippen molar-refractivity contribution >= 4 is 17.3 Å². The van der Waals surface area contributed by atoms with E-state index in [1.165, 1.54) is 5.69 Å². The van der Waals surface area contributed by atoms with Crippen molar-refractivity contribution < 1.29 is 9.53 Å². The van der Waals surface area contributed by atoms with Gasteiger partial charge < -0.3 is 19.9 Å². The van der Waals surface area contributed by atoms with Gasteiger partial charge in [-0.05, 0) is 61.5 Å². The van der Waals surface area contributed by atoms with Crippen LogP contribution < -0.4 is 15.0 Å². The number of methoxy groups -OCH3 is 1. The van der Waals surface area contributed by atoms with Crippen LogP contribution in [0.5, 0.6) is 5.75 Å². The van der Waals surface area contributed by atoms with E-state index in [2.05, 4.69) is 34.2 Å². The van der Waals surface area contributed by atoms with E-state index >= 15 is 0 Å². The lowest BCUT2D eigenvalue weighted by atomic mass is 10.1. The van der Waals surface area contributed by atoms with Crippen LogP contribution in [-0.4, -0.2) is 50.6 Å². The van der Waals surface area contributed by atoms with Gasteiger partial charge in [0.05, 0.1) is 7.11 Å². The Morgan fingerprint density at radius 3 is 2.35 bits per heavy atom. The average molecular weight is 353 g/mol. The largest absolute Gasteiger partial charge is 0.497 e. The van der Waals surface area contributed by atoms with Gasteiger partial charge in [-0.15, -0.1) is 0 Å². The molecule has 3 rings (SSSR count). The summed E-state index contributed by atoms with van der Waals surface area (Å²) in [6.45, 7) is 9.66. The normalized spacial score (nSPS) is 15.0. The summed E-state index contributed by atoms with van der Waals surface area (Å²) in [5.74, 6) is 0.630. The molecule has 0 unspecified atom stereocenters. The Labute approximate surface area is 155 Å². The van der Waals surface area contributed by atoms with Crippen molar-refractivity contribution in [1.29, 1.82) is 0 Å². The smallest absolute Gasteiger partial charge is 0.255 e. The summed E-state index contributed by atoms with van der Waals surface area (Å²) in [5, 5.41) is 3.00. The zero-order chi connectivity index (χ0) is 18.5. The topological polar surface area (TPSA) is 44.8 Å². The van der Waals surface area contributed by atoms with Crippen molar-refractivity contribution in [2.75, 3.05) is 50.1 Å². The zero-order valence-electron chi connectivity index (χ0n) is 15.8. The quantitative estimate of drug-likeness (QED) is 0.895. The van der Waals surface area contributed by atoms with Crippen LogP contribution in [0.2, 0.25) is 0 Å². The average Bonchev–Trinajstić information content (AvgIpc) is 2.69. The van der Waals surface area contributed by atoms with E-state index in [1.54, 1.807) is 31.4 Å². The van der Waals surface area contributed by atoms with E-state index < -0.39 is 0 Å². The number of nitrogens with zero attached hydrogens (tertiary/aromatic N) is 2. The Morgan fingerprint density at radius 1 is 1.08 bits per heavy atom. The molecule has 5 heteroatoms. The van der Waals surface area contributed by atoms with Crippen LogP contribution in [0.4, 0.5) is 11.4 Å². The molecule has 1 heterocycles. The Hall–Kier alpha value is -2.53. The van der Waals surface area contributed by atoms with Gasteiger partial charge in [-0.25, -0.2) is 0 Å². The first-order chi connectivity index (χ1) is 12.6. The number of hydrogen-bond donors (Lipinski definition) is 1. The summed E-state index contributed by atoms with van der Waals surface area (Å²) < 4.78 is 5.13. The summed E-state index contributed by atoms with van der Waals surface area (Å²) in [7, 11) is 1.61. The maximum absolute atomic E-state index is 12.5. The molecule has 1 N–H and O–H groups in total. The molecule has 0 spiro atoms. The molecule has 0 saturated carbocycles. The third-order valence-electron chi connectivity index (χ3n) is 5.00. The van der Waals surface area contributed by atoms with Crippen LogP contribution in [0.1, 0.15) is 22.8 Å². The van der Waals surface area contributed by atoms with Gasteiger partial charge in [0.25, 0.3) is 5.91 Å². The molecule has 1 saturated heterocycles. The number of amides is 1. The van der Waals surface area contributed by atoms with Crippen LogP contribution in [-0.2, 0) is 0 Å². The maximum atomic E-state index is 12.5. The first kappa shape index (κ1) is 18.3. The first-order valence-corrected chi connectivity index (χ1v) is 9.14. The molecular formula is C21H27N3O2. The third-order valence-corrected chi connectivity index (χ3v) is 5.00. The van der Waals surface area contributed by atoms with Gasteiger partial charge in [0.15, 0.2) is 0 Å². The van der Waals surface area contributed by atoms with Gasteiger partial charge in [0, 0.05) is 43.1 Å². The van der Waals surface area contributed by atoms with E-state index in [0.29, 0.717) is 5.56 Å². The predicted molar refractivity (Wildman–Crippen MR) is 106 cm³/mol. The molecule has 0 bridgehead atoms. The molecular weight excluding hydrogens is 326 g/mol. The van der Waals surface area contributed by atoms with E-state index in [-0.39, 0.29) is 5.91 Å². The Bertz CT molecular complexity index is 750. The number of carbonyl (C=O) groups is 1. The number of carbonyl (C=O) groups excluding carboxylic acids is 1. The van der Waals surface area contributed by atoms with E-state index in [9.17, 15) is 4.79 Å². The highest BCUT2D eigenvalue weighted by atomic mass is 16.5. The lowest BCUT2D eigenvalue weighted by molar-refractivity contribution is 0.102. The van der Waals surface area contributed by atoms with Crippen LogP contribution in [0.25, 0.3) is 0 Å². The third kappa shape index (κ3) is 4.17. The summed E-state index contributed by atoms with van der Waals surface area (Å²) in [5.41, 5.74) is 3.76. The Kier molecular flexibility index (Phi) is 5.78. The summed E-state index contributed by atoms with van der Waals surface area (Å²) >= 11 is 0. The second-order valence-electron chi connectivity index (χ2n) is 6.60. The van der Waals surface area contributed by atoms with Crippen LogP contribution in [0.3, 0.4) is 0 Å². The summed E-state index contributed by atoms with van der Waals surface area (Å²) in [6.07, 6.45) is 0. The van der Waals surface area contributed by atoms with Crippen LogP contribution in [0.15, 0.2) is 42.5 Å².